The van der Waals surface area contributed by atoms with E-state index in [-0.39, 0.29) is 0 Å². The van der Waals surface area contributed by atoms with E-state index >= 15 is 0 Å². The molecule has 0 aliphatic carbocycles. The number of pyridine rings is 1. The quantitative estimate of drug-likeness (QED) is 0.866. The summed E-state index contributed by atoms with van der Waals surface area (Å²) >= 11 is 0. The van der Waals surface area contributed by atoms with Crippen LogP contribution in [0.3, 0.4) is 0 Å². The molecule has 4 heteroatoms. The third kappa shape index (κ3) is 3.68. The summed E-state index contributed by atoms with van der Waals surface area (Å²) in [7, 11) is 4.10. The lowest BCUT2D eigenvalue weighted by atomic mass is 10.00. The largest absolute Gasteiger partial charge is 0.381 e. The maximum Gasteiger partial charge on any atom is 0.130 e. The first-order valence-electron chi connectivity index (χ1n) is 6.67. The Hall–Kier alpha value is -1.13. The molecule has 0 unspecified atom stereocenters. The molecule has 1 aliphatic heterocycles. The molecule has 18 heavy (non-hydrogen) atoms. The van der Waals surface area contributed by atoms with E-state index < -0.39 is 0 Å². The highest BCUT2D eigenvalue weighted by Crippen LogP contribution is 2.18. The summed E-state index contributed by atoms with van der Waals surface area (Å²) in [6.45, 7) is 3.93. The van der Waals surface area contributed by atoms with Crippen molar-refractivity contribution < 1.29 is 4.74 Å². The van der Waals surface area contributed by atoms with E-state index in [1.54, 1.807) is 0 Å². The Morgan fingerprint density at radius 3 is 2.94 bits per heavy atom. The minimum absolute atomic E-state index is 0.776. The van der Waals surface area contributed by atoms with Crippen molar-refractivity contribution in [3.05, 3.63) is 23.9 Å². The van der Waals surface area contributed by atoms with Gasteiger partial charge in [-0.1, -0.05) is 6.07 Å². The van der Waals surface area contributed by atoms with Crippen LogP contribution in [0.5, 0.6) is 0 Å². The Morgan fingerprint density at radius 1 is 1.44 bits per heavy atom. The average Bonchev–Trinajstić information content (AvgIpc) is 2.40. The summed E-state index contributed by atoms with van der Waals surface area (Å²) in [6.07, 6.45) is 4.21. The molecule has 0 spiro atoms. The Labute approximate surface area is 109 Å². The molecule has 0 saturated carbocycles. The van der Waals surface area contributed by atoms with Gasteiger partial charge in [0.1, 0.15) is 5.82 Å². The predicted octanol–water partition coefficient (Wildman–Crippen LogP) is 1.98. The summed E-state index contributed by atoms with van der Waals surface area (Å²) < 4.78 is 5.40. The molecule has 1 fully saturated rings. The molecular weight excluding hydrogens is 226 g/mol. The molecule has 2 heterocycles. The predicted molar refractivity (Wildman–Crippen MR) is 73.7 cm³/mol. The molecule has 1 aromatic rings. The zero-order valence-corrected chi connectivity index (χ0v) is 11.4. The van der Waals surface area contributed by atoms with Crippen molar-refractivity contribution >= 4 is 5.82 Å². The van der Waals surface area contributed by atoms with Gasteiger partial charge >= 0.3 is 0 Å². The number of hydrogen-bond acceptors (Lipinski definition) is 4. The van der Waals surface area contributed by atoms with Crippen molar-refractivity contribution in [2.45, 2.75) is 19.4 Å². The molecule has 0 amide bonds. The number of anilines is 1. The summed E-state index contributed by atoms with van der Waals surface area (Å²) in [6, 6.07) is 4.14. The van der Waals surface area contributed by atoms with Gasteiger partial charge in [-0.2, -0.15) is 0 Å². The van der Waals surface area contributed by atoms with Crippen LogP contribution in [0.1, 0.15) is 18.4 Å². The van der Waals surface area contributed by atoms with E-state index in [4.69, 9.17) is 4.74 Å². The van der Waals surface area contributed by atoms with Crippen molar-refractivity contribution in [1.82, 2.24) is 9.88 Å². The number of rotatable bonds is 5. The fourth-order valence-electron chi connectivity index (χ4n) is 2.52. The van der Waals surface area contributed by atoms with Gasteiger partial charge < -0.3 is 15.0 Å². The van der Waals surface area contributed by atoms with Crippen molar-refractivity contribution in [2.75, 3.05) is 39.2 Å². The second kappa shape index (κ2) is 6.71. The molecule has 1 N–H and O–H groups in total. The van der Waals surface area contributed by atoms with Crippen molar-refractivity contribution in [2.24, 2.45) is 5.92 Å². The van der Waals surface area contributed by atoms with Gasteiger partial charge in [0.2, 0.25) is 0 Å². The minimum Gasteiger partial charge on any atom is -0.381 e. The zero-order valence-electron chi connectivity index (χ0n) is 11.4. The molecule has 1 aromatic heterocycles. The van der Waals surface area contributed by atoms with Crippen LogP contribution in [0.15, 0.2) is 18.3 Å². The van der Waals surface area contributed by atoms with Crippen LogP contribution in [0, 0.1) is 5.92 Å². The maximum absolute atomic E-state index is 5.40. The Morgan fingerprint density at radius 2 is 2.22 bits per heavy atom. The summed E-state index contributed by atoms with van der Waals surface area (Å²) in [4.78, 5) is 6.72. The first-order chi connectivity index (χ1) is 8.79. The standard InChI is InChI=1S/C14H23N3O/c1-15-14-13(4-3-7-16-14)11-17(2)10-12-5-8-18-9-6-12/h3-4,7,12H,5-6,8-11H2,1-2H3,(H,15,16). The summed E-state index contributed by atoms with van der Waals surface area (Å²) in [5.41, 5.74) is 1.26. The minimum atomic E-state index is 0.776. The van der Waals surface area contributed by atoms with E-state index in [2.05, 4.69) is 28.3 Å². The fourth-order valence-corrected chi connectivity index (χ4v) is 2.52. The normalized spacial score (nSPS) is 17.1. The number of hydrogen-bond donors (Lipinski definition) is 1. The Balaban J connectivity index is 1.87. The van der Waals surface area contributed by atoms with Gasteiger partial charge in [0.15, 0.2) is 0 Å². The van der Waals surface area contributed by atoms with Crippen molar-refractivity contribution in [3.8, 4) is 0 Å². The van der Waals surface area contributed by atoms with Gasteiger partial charge in [0.25, 0.3) is 0 Å². The van der Waals surface area contributed by atoms with Gasteiger partial charge in [-0.05, 0) is 31.9 Å². The van der Waals surface area contributed by atoms with Crippen LogP contribution in [-0.2, 0) is 11.3 Å². The smallest absolute Gasteiger partial charge is 0.130 e. The monoisotopic (exact) mass is 249 g/mol. The van der Waals surface area contributed by atoms with Crippen LogP contribution in [0.2, 0.25) is 0 Å². The van der Waals surface area contributed by atoms with E-state index in [9.17, 15) is 0 Å². The number of aromatic nitrogens is 1. The van der Waals surface area contributed by atoms with Crippen LogP contribution < -0.4 is 5.32 Å². The molecular formula is C14H23N3O. The lowest BCUT2D eigenvalue weighted by Crippen LogP contribution is -2.29. The van der Waals surface area contributed by atoms with Crippen LogP contribution in [-0.4, -0.2) is 43.7 Å². The van der Waals surface area contributed by atoms with Gasteiger partial charge in [-0.25, -0.2) is 4.98 Å². The molecule has 1 saturated heterocycles. The Bertz CT molecular complexity index is 364. The fraction of sp³-hybridized carbons (Fsp3) is 0.643. The van der Waals surface area contributed by atoms with Crippen molar-refractivity contribution in [1.29, 1.82) is 0 Å². The third-order valence-electron chi connectivity index (χ3n) is 3.48. The van der Waals surface area contributed by atoms with Gasteiger partial charge in [-0.15, -0.1) is 0 Å². The number of nitrogens with zero attached hydrogens (tertiary/aromatic N) is 2. The highest BCUT2D eigenvalue weighted by atomic mass is 16.5. The third-order valence-corrected chi connectivity index (χ3v) is 3.48. The SMILES string of the molecule is CNc1ncccc1CN(C)CC1CCOCC1. The molecule has 4 nitrogen and oxygen atoms in total. The lowest BCUT2D eigenvalue weighted by Gasteiger charge is -2.27. The molecule has 0 atom stereocenters. The van der Waals surface area contributed by atoms with E-state index in [1.165, 1.54) is 18.4 Å². The van der Waals surface area contributed by atoms with Crippen molar-refractivity contribution in [3.63, 3.8) is 0 Å². The van der Waals surface area contributed by atoms with Crippen LogP contribution >= 0.6 is 0 Å². The maximum atomic E-state index is 5.40. The second-order valence-corrected chi connectivity index (χ2v) is 5.01. The summed E-state index contributed by atoms with van der Waals surface area (Å²) in [5.74, 6) is 1.76. The van der Waals surface area contributed by atoms with Crippen LogP contribution in [0.25, 0.3) is 0 Å². The highest BCUT2D eigenvalue weighted by molar-refractivity contribution is 5.42. The molecule has 0 bridgehead atoms. The van der Waals surface area contributed by atoms with E-state index in [0.29, 0.717) is 0 Å². The molecule has 1 aliphatic rings. The number of nitrogens with one attached hydrogen (secondary N) is 1. The highest BCUT2D eigenvalue weighted by Gasteiger charge is 2.16. The number of ether oxygens (including phenoxy) is 1. The topological polar surface area (TPSA) is 37.4 Å². The Kier molecular flexibility index (Phi) is 4.96. The van der Waals surface area contributed by atoms with Gasteiger partial charge in [0, 0.05) is 45.1 Å². The first-order valence-corrected chi connectivity index (χ1v) is 6.67. The van der Waals surface area contributed by atoms with Gasteiger partial charge in [0.05, 0.1) is 0 Å². The van der Waals surface area contributed by atoms with Crippen LogP contribution in [0.4, 0.5) is 5.82 Å². The second-order valence-electron chi connectivity index (χ2n) is 5.01. The average molecular weight is 249 g/mol. The van der Waals surface area contributed by atoms with Gasteiger partial charge in [-0.3, -0.25) is 0 Å². The van der Waals surface area contributed by atoms with E-state index in [1.807, 2.05) is 19.3 Å². The molecule has 2 rings (SSSR count). The lowest BCUT2D eigenvalue weighted by molar-refractivity contribution is 0.0550. The zero-order chi connectivity index (χ0) is 12.8. The molecule has 0 radical (unpaired) electrons. The molecule has 100 valence electrons. The first kappa shape index (κ1) is 13.3. The molecule has 0 aromatic carbocycles. The van der Waals surface area contributed by atoms with E-state index in [0.717, 1.165) is 38.0 Å². The summed E-state index contributed by atoms with van der Waals surface area (Å²) in [5, 5.41) is 3.15.